The molecule has 1 aliphatic heterocycles. The molecule has 8 atom stereocenters. The van der Waals surface area contributed by atoms with Gasteiger partial charge in [-0.2, -0.15) is 0 Å². The van der Waals surface area contributed by atoms with Crippen LogP contribution < -0.4 is 14.8 Å². The number of aliphatic hydroxyl groups excluding tert-OH is 2. The SMILES string of the molecule is COc1cccc2c1C(=O)c1c(O)c3c(c(O)c1C2=O)C[C@@](O)(C(=O)CO)C[C@@H]3OC1C[C@H](NC(=O)OC2/C=C/CCCCC2)[C@H](O)[C@H](C)O1.O=C(Oc1ccc([N+](=O)[O-])cc1)OC1/C=C/CCCCC1. The number of ketones is 3. The average Bonchev–Trinajstić information content (AvgIpc) is 3.32. The van der Waals surface area contributed by atoms with Gasteiger partial charge in [0.2, 0.25) is 5.78 Å². The summed E-state index contributed by atoms with van der Waals surface area (Å²) in [5.74, 6) is -3.76. The van der Waals surface area contributed by atoms with Crippen LogP contribution in [0.4, 0.5) is 15.3 Å². The van der Waals surface area contributed by atoms with E-state index >= 15 is 0 Å². The molecule has 20 nitrogen and oxygen atoms in total. The van der Waals surface area contributed by atoms with Gasteiger partial charge >= 0.3 is 12.2 Å². The molecule has 20 heteroatoms. The van der Waals surface area contributed by atoms with E-state index < -0.39 is 119 Å². The van der Waals surface area contributed by atoms with E-state index in [-0.39, 0.29) is 52.0 Å². The second-order valence-electron chi connectivity index (χ2n) is 18.1. The first kappa shape index (κ1) is 52.1. The molecular formula is C51H58N2O18. The number of aliphatic hydroxyl groups is 3. The number of alkyl carbamates (subject to hydrolysis) is 1. The third-order valence-electron chi connectivity index (χ3n) is 13.2. The molecule has 380 valence electrons. The van der Waals surface area contributed by atoms with E-state index in [1.165, 1.54) is 49.6 Å². The van der Waals surface area contributed by atoms with Gasteiger partial charge in [0.25, 0.3) is 5.69 Å². The Morgan fingerprint density at radius 3 is 2.15 bits per heavy atom. The lowest BCUT2D eigenvalue weighted by Gasteiger charge is -2.42. The first-order valence-electron chi connectivity index (χ1n) is 23.7. The molecule has 4 aliphatic carbocycles. The molecule has 0 radical (unpaired) electrons. The largest absolute Gasteiger partial charge is 0.514 e. The number of non-ortho nitro benzene ring substituents is 1. The summed E-state index contributed by atoms with van der Waals surface area (Å²) in [6.45, 7) is 0.487. The predicted octanol–water partition coefficient (Wildman–Crippen LogP) is 6.66. The number of rotatable bonds is 10. The smallest absolute Gasteiger partial charge is 0.507 e. The topological polar surface area (TPSA) is 297 Å². The number of nitro groups is 1. The zero-order valence-corrected chi connectivity index (χ0v) is 39.3. The second kappa shape index (κ2) is 23.0. The predicted molar refractivity (Wildman–Crippen MR) is 249 cm³/mol. The average molecular weight is 987 g/mol. The van der Waals surface area contributed by atoms with Crippen LogP contribution in [0.3, 0.4) is 0 Å². The van der Waals surface area contributed by atoms with Gasteiger partial charge in [-0.25, -0.2) is 9.59 Å². The van der Waals surface area contributed by atoms with E-state index in [4.69, 9.17) is 28.4 Å². The summed E-state index contributed by atoms with van der Waals surface area (Å²) in [7, 11) is 1.31. The molecule has 1 heterocycles. The monoisotopic (exact) mass is 986 g/mol. The number of nitrogens with one attached hydrogen (secondary N) is 1. The highest BCUT2D eigenvalue weighted by atomic mass is 16.7. The van der Waals surface area contributed by atoms with Crippen LogP contribution in [0.5, 0.6) is 23.0 Å². The zero-order chi connectivity index (χ0) is 51.0. The fraction of sp³-hybridized carbons (Fsp3) is 0.471. The molecule has 71 heavy (non-hydrogen) atoms. The van der Waals surface area contributed by atoms with Crippen molar-refractivity contribution in [2.24, 2.45) is 0 Å². The van der Waals surface area contributed by atoms with Crippen LogP contribution >= 0.6 is 0 Å². The van der Waals surface area contributed by atoms with Crippen molar-refractivity contribution in [3.63, 3.8) is 0 Å². The number of carbonyl (C=O) groups is 5. The van der Waals surface area contributed by atoms with Crippen molar-refractivity contribution >= 4 is 35.3 Å². The number of hydrogen-bond acceptors (Lipinski definition) is 18. The number of carbonyl (C=O) groups excluding carboxylic acids is 5. The Morgan fingerprint density at radius 1 is 0.873 bits per heavy atom. The fourth-order valence-electron chi connectivity index (χ4n) is 9.52. The number of fused-ring (bicyclic) bond motifs is 3. The molecule has 1 saturated heterocycles. The van der Waals surface area contributed by atoms with Gasteiger partial charge in [0.05, 0.1) is 47.0 Å². The quantitative estimate of drug-likeness (QED) is 0.0242. The number of Topliss-reactive ketones (excluding diaryl/α,β-unsaturated/α-hetero) is 1. The number of aromatic hydroxyl groups is 2. The number of phenols is 2. The Hall–Kier alpha value is -6.71. The highest BCUT2D eigenvalue weighted by Crippen LogP contribution is 2.52. The summed E-state index contributed by atoms with van der Waals surface area (Å²) in [6.07, 6.45) is 9.05. The van der Waals surface area contributed by atoms with E-state index in [0.717, 1.165) is 57.8 Å². The number of allylic oxidation sites excluding steroid dienone is 2. The Bertz CT molecular complexity index is 2560. The maximum absolute atomic E-state index is 13.9. The van der Waals surface area contributed by atoms with Gasteiger partial charge in [0.15, 0.2) is 17.9 Å². The summed E-state index contributed by atoms with van der Waals surface area (Å²) in [5.41, 5.74) is -3.99. The molecule has 3 aromatic carbocycles. The third kappa shape index (κ3) is 11.9. The van der Waals surface area contributed by atoms with Gasteiger partial charge < -0.3 is 59.3 Å². The Kier molecular flexibility index (Phi) is 16.9. The van der Waals surface area contributed by atoms with Crippen molar-refractivity contribution in [1.29, 1.82) is 0 Å². The van der Waals surface area contributed by atoms with Crippen LogP contribution in [0.25, 0.3) is 0 Å². The van der Waals surface area contributed by atoms with Crippen LogP contribution in [0.1, 0.15) is 133 Å². The van der Waals surface area contributed by atoms with Crippen LogP contribution in [-0.2, 0) is 30.2 Å². The lowest BCUT2D eigenvalue weighted by molar-refractivity contribution is -0.384. The number of nitro benzene ring substituents is 1. The van der Waals surface area contributed by atoms with Gasteiger partial charge in [0.1, 0.15) is 53.5 Å². The van der Waals surface area contributed by atoms with Crippen molar-refractivity contribution in [2.45, 2.75) is 139 Å². The van der Waals surface area contributed by atoms with Crippen LogP contribution in [0.2, 0.25) is 0 Å². The highest BCUT2D eigenvalue weighted by Gasteiger charge is 2.50. The number of hydrogen-bond donors (Lipinski definition) is 6. The molecular weight excluding hydrogens is 929 g/mol. The number of methoxy groups -OCH3 is 1. The molecule has 0 bridgehead atoms. The first-order valence-corrected chi connectivity index (χ1v) is 23.7. The van der Waals surface area contributed by atoms with E-state index in [9.17, 15) is 59.6 Å². The summed E-state index contributed by atoms with van der Waals surface area (Å²) >= 11 is 0. The number of benzene rings is 3. The molecule has 0 saturated carbocycles. The minimum absolute atomic E-state index is 0.0568. The molecule has 1 amide bonds. The van der Waals surface area contributed by atoms with E-state index in [1.807, 2.05) is 24.3 Å². The summed E-state index contributed by atoms with van der Waals surface area (Å²) in [6, 6.07) is 8.70. The van der Waals surface area contributed by atoms with Crippen molar-refractivity contribution in [1.82, 2.24) is 5.32 Å². The van der Waals surface area contributed by atoms with Gasteiger partial charge in [0, 0.05) is 48.1 Å². The fourth-order valence-corrected chi connectivity index (χ4v) is 9.52. The molecule has 0 aromatic heterocycles. The minimum Gasteiger partial charge on any atom is -0.507 e. The molecule has 6 N–H and O–H groups in total. The Labute approximate surface area is 408 Å². The normalized spacial score (nSPS) is 26.9. The maximum atomic E-state index is 13.9. The van der Waals surface area contributed by atoms with Crippen molar-refractivity contribution in [3.8, 4) is 23.0 Å². The first-order chi connectivity index (χ1) is 34.0. The number of amides is 1. The lowest BCUT2D eigenvalue weighted by atomic mass is 9.72. The Balaban J connectivity index is 0.000000294. The zero-order valence-electron chi connectivity index (χ0n) is 39.3. The van der Waals surface area contributed by atoms with Crippen LogP contribution in [-0.4, -0.2) is 116 Å². The van der Waals surface area contributed by atoms with Gasteiger partial charge in [-0.15, -0.1) is 0 Å². The summed E-state index contributed by atoms with van der Waals surface area (Å²) in [4.78, 5) is 75.1. The second-order valence-corrected chi connectivity index (χ2v) is 18.1. The molecule has 3 unspecified atom stereocenters. The van der Waals surface area contributed by atoms with E-state index in [0.29, 0.717) is 6.42 Å². The molecule has 5 aliphatic rings. The summed E-state index contributed by atoms with van der Waals surface area (Å²) < 4.78 is 33.3. The summed E-state index contributed by atoms with van der Waals surface area (Å²) in [5, 5.41) is 68.6. The maximum Gasteiger partial charge on any atom is 0.514 e. The highest BCUT2D eigenvalue weighted by molar-refractivity contribution is 6.31. The molecule has 3 aromatic rings. The number of nitrogens with zero attached hydrogens (tertiary/aromatic N) is 1. The van der Waals surface area contributed by atoms with Crippen molar-refractivity contribution in [2.75, 3.05) is 13.7 Å². The Morgan fingerprint density at radius 2 is 1.52 bits per heavy atom. The minimum atomic E-state index is -2.32. The van der Waals surface area contributed by atoms with Crippen molar-refractivity contribution < 1.29 is 82.8 Å². The lowest BCUT2D eigenvalue weighted by Crippen LogP contribution is -2.56. The number of phenolic OH excluding ortho intramolecular Hbond substituents is 2. The molecule has 0 spiro atoms. The van der Waals surface area contributed by atoms with Crippen LogP contribution in [0.15, 0.2) is 66.8 Å². The van der Waals surface area contributed by atoms with Crippen molar-refractivity contribution in [3.05, 3.63) is 110 Å². The standard InChI is InChI=1S/C36H41NO13.C15H17NO5/c1-17-30(40)21(37-35(45)49-18-9-6-4-3-5-7-10-18)13-25(48-17)50-23-15-36(46,24(39)16-38)14-20-27(23)34(44)29-28(32(20)42)31(41)19-11-8-12-22(47-2)26(19)33(29)43;17-15(20-13-6-4-2-1-3-5-7-13)21-14-10-8-12(9-11-14)16(18)19/h6,8-9,11-12,17-18,21,23,25,30,38,40,42,44,46H,3-5,7,10,13-16H2,1-2H3,(H,37,45);4,6,8-11,13H,1-3,5,7H2/b9-6+;6-4+/t17-,18?,21-,23-,25?,30+,36-;/m0./s1. The van der Waals surface area contributed by atoms with Gasteiger partial charge in [-0.3, -0.25) is 24.5 Å². The van der Waals surface area contributed by atoms with Gasteiger partial charge in [-0.05, 0) is 88.6 Å². The van der Waals surface area contributed by atoms with E-state index in [1.54, 1.807) is 6.92 Å². The van der Waals surface area contributed by atoms with E-state index in [2.05, 4.69) is 5.32 Å². The third-order valence-corrected chi connectivity index (χ3v) is 13.2. The molecule has 8 rings (SSSR count). The molecule has 1 fully saturated rings. The van der Waals surface area contributed by atoms with Gasteiger partial charge in [-0.1, -0.05) is 37.1 Å². The van der Waals surface area contributed by atoms with Crippen LogP contribution in [0, 0.1) is 10.1 Å². The number of ether oxygens (including phenoxy) is 6.